The molecular weight excluding hydrogens is 490 g/mol. The van der Waals surface area contributed by atoms with Gasteiger partial charge in [0.05, 0.1) is 24.8 Å². The number of allylic oxidation sites excluding steroid dienone is 1. The number of unbranched alkanes of at least 4 members (excludes halogenated alkanes) is 1. The fourth-order valence-electron chi connectivity index (χ4n) is 3.99. The summed E-state index contributed by atoms with van der Waals surface area (Å²) < 4.78 is 11.7. The van der Waals surface area contributed by atoms with E-state index in [1.165, 1.54) is 22.3 Å². The van der Waals surface area contributed by atoms with Crippen LogP contribution >= 0.6 is 11.3 Å². The molecule has 0 bridgehead atoms. The minimum absolute atomic E-state index is 0.0351. The zero-order valence-corrected chi connectivity index (χ0v) is 21.8. The van der Waals surface area contributed by atoms with Gasteiger partial charge in [-0.1, -0.05) is 67.2 Å². The number of amides is 1. The average molecular weight is 520 g/mol. The molecule has 1 amide bonds. The fraction of sp³-hybridized carbons (Fsp3) is 0.286. The van der Waals surface area contributed by atoms with Crippen LogP contribution in [0.2, 0.25) is 0 Å². The lowest BCUT2D eigenvalue weighted by atomic mass is 9.95. The second-order valence-electron chi connectivity index (χ2n) is 8.39. The first-order valence-electron chi connectivity index (χ1n) is 12.2. The van der Waals surface area contributed by atoms with E-state index in [2.05, 4.69) is 17.1 Å². The lowest BCUT2D eigenvalue weighted by molar-refractivity contribution is -0.117. The normalized spacial score (nSPS) is 15.6. The number of benzene rings is 2. The van der Waals surface area contributed by atoms with Gasteiger partial charge in [0.2, 0.25) is 5.13 Å². The van der Waals surface area contributed by atoms with Gasteiger partial charge in [0.25, 0.3) is 5.91 Å². The molecule has 0 aliphatic carbocycles. The summed E-state index contributed by atoms with van der Waals surface area (Å²) in [5.74, 6) is -0.730. The standard InChI is InChI=1S/C28H29N3O5S/c1-4-6-16-36-22-15-13-20(17-23(22)35-5-2)25-24(21(32)14-12-19-10-8-7-9-11-19)26(33)27(34)31(25)28-30-29-18(3)37-28/h7-15,17,25,33H,4-6,16H2,1-3H3/b14-12+. The Kier molecular flexibility index (Phi) is 8.35. The summed E-state index contributed by atoms with van der Waals surface area (Å²) in [4.78, 5) is 28.0. The molecule has 0 radical (unpaired) electrons. The van der Waals surface area contributed by atoms with Crippen molar-refractivity contribution in [3.05, 3.63) is 82.1 Å². The number of aromatic nitrogens is 2. The molecule has 1 aromatic heterocycles. The number of hydrogen-bond acceptors (Lipinski definition) is 8. The van der Waals surface area contributed by atoms with E-state index in [0.717, 1.165) is 18.4 Å². The van der Waals surface area contributed by atoms with Crippen molar-refractivity contribution in [3.8, 4) is 11.5 Å². The van der Waals surface area contributed by atoms with Crippen LogP contribution in [0.4, 0.5) is 5.13 Å². The van der Waals surface area contributed by atoms with Crippen LogP contribution in [0.1, 0.15) is 48.9 Å². The maximum Gasteiger partial charge on any atom is 0.296 e. The van der Waals surface area contributed by atoms with Gasteiger partial charge in [-0.3, -0.25) is 14.5 Å². The third-order valence-corrected chi connectivity index (χ3v) is 6.60. The molecule has 0 fully saturated rings. The van der Waals surface area contributed by atoms with E-state index in [4.69, 9.17) is 9.47 Å². The predicted octanol–water partition coefficient (Wildman–Crippen LogP) is 5.61. The molecule has 0 saturated heterocycles. The summed E-state index contributed by atoms with van der Waals surface area (Å²) >= 11 is 1.20. The van der Waals surface area contributed by atoms with Gasteiger partial charge in [0, 0.05) is 0 Å². The van der Waals surface area contributed by atoms with Crippen molar-refractivity contribution in [1.29, 1.82) is 0 Å². The monoisotopic (exact) mass is 519 g/mol. The molecule has 37 heavy (non-hydrogen) atoms. The minimum Gasteiger partial charge on any atom is -0.503 e. The van der Waals surface area contributed by atoms with Gasteiger partial charge in [-0.25, -0.2) is 0 Å². The summed E-state index contributed by atoms with van der Waals surface area (Å²) in [6, 6.07) is 13.7. The van der Waals surface area contributed by atoms with E-state index in [-0.39, 0.29) is 10.7 Å². The van der Waals surface area contributed by atoms with Crippen molar-refractivity contribution in [2.24, 2.45) is 0 Å². The number of aliphatic hydroxyl groups excluding tert-OH is 1. The fourth-order valence-corrected chi connectivity index (χ4v) is 4.70. The van der Waals surface area contributed by atoms with E-state index in [1.54, 1.807) is 31.2 Å². The Morgan fingerprint density at radius 1 is 1.11 bits per heavy atom. The average Bonchev–Trinajstić information content (AvgIpc) is 3.44. The van der Waals surface area contributed by atoms with Crippen molar-refractivity contribution in [1.82, 2.24) is 10.2 Å². The molecule has 192 valence electrons. The number of aliphatic hydroxyl groups is 1. The van der Waals surface area contributed by atoms with Crippen LogP contribution in [-0.4, -0.2) is 40.2 Å². The number of carbonyl (C=O) groups excluding carboxylic acids is 2. The minimum atomic E-state index is -0.920. The van der Waals surface area contributed by atoms with Crippen LogP contribution in [0.15, 0.2) is 65.9 Å². The summed E-state index contributed by atoms with van der Waals surface area (Å²) in [6.07, 6.45) is 4.91. The maximum absolute atomic E-state index is 13.4. The van der Waals surface area contributed by atoms with Crippen molar-refractivity contribution in [3.63, 3.8) is 0 Å². The van der Waals surface area contributed by atoms with Gasteiger partial charge in [0.15, 0.2) is 23.0 Å². The van der Waals surface area contributed by atoms with Crippen LogP contribution < -0.4 is 14.4 Å². The van der Waals surface area contributed by atoms with Gasteiger partial charge < -0.3 is 14.6 Å². The van der Waals surface area contributed by atoms with Gasteiger partial charge in [-0.05, 0) is 49.6 Å². The van der Waals surface area contributed by atoms with Crippen molar-refractivity contribution < 1.29 is 24.2 Å². The van der Waals surface area contributed by atoms with Crippen LogP contribution in [0, 0.1) is 6.92 Å². The van der Waals surface area contributed by atoms with E-state index in [9.17, 15) is 14.7 Å². The number of carbonyl (C=O) groups is 2. The molecule has 8 nitrogen and oxygen atoms in total. The van der Waals surface area contributed by atoms with E-state index >= 15 is 0 Å². The topological polar surface area (TPSA) is 102 Å². The lowest BCUT2D eigenvalue weighted by Crippen LogP contribution is -2.31. The molecule has 1 aliphatic heterocycles. The molecule has 2 aromatic carbocycles. The predicted molar refractivity (Wildman–Crippen MR) is 143 cm³/mol. The summed E-state index contributed by atoms with van der Waals surface area (Å²) in [7, 11) is 0. The van der Waals surface area contributed by atoms with Gasteiger partial charge in [-0.15, -0.1) is 10.2 Å². The molecule has 4 rings (SSSR count). The first-order valence-corrected chi connectivity index (χ1v) is 13.0. The van der Waals surface area contributed by atoms with E-state index in [1.807, 2.05) is 37.3 Å². The van der Waals surface area contributed by atoms with Crippen molar-refractivity contribution in [2.45, 2.75) is 39.7 Å². The van der Waals surface area contributed by atoms with E-state index in [0.29, 0.717) is 35.3 Å². The highest BCUT2D eigenvalue weighted by molar-refractivity contribution is 7.15. The molecule has 2 heterocycles. The van der Waals surface area contributed by atoms with Crippen molar-refractivity contribution >= 4 is 34.2 Å². The van der Waals surface area contributed by atoms with E-state index < -0.39 is 23.5 Å². The van der Waals surface area contributed by atoms with Crippen LogP contribution in [0.5, 0.6) is 11.5 Å². The Balaban J connectivity index is 1.77. The molecule has 1 aliphatic rings. The van der Waals surface area contributed by atoms with Crippen LogP contribution in [-0.2, 0) is 9.59 Å². The SMILES string of the molecule is CCCCOc1ccc(C2C(C(=O)/C=C/c3ccccc3)=C(O)C(=O)N2c2nnc(C)s2)cc1OCC. The highest BCUT2D eigenvalue weighted by Gasteiger charge is 2.45. The van der Waals surface area contributed by atoms with Gasteiger partial charge in [0.1, 0.15) is 5.01 Å². The Hall–Kier alpha value is -3.98. The first kappa shape index (κ1) is 26.1. The number of rotatable bonds is 11. The quantitative estimate of drug-likeness (QED) is 0.260. The summed E-state index contributed by atoms with van der Waals surface area (Å²) in [5, 5.41) is 20.0. The zero-order valence-electron chi connectivity index (χ0n) is 21.0. The highest BCUT2D eigenvalue weighted by Crippen LogP contribution is 2.44. The van der Waals surface area contributed by atoms with Crippen molar-refractivity contribution in [2.75, 3.05) is 18.1 Å². The molecule has 1 unspecified atom stereocenters. The Bertz CT molecular complexity index is 1330. The number of aryl methyl sites for hydroxylation is 1. The number of nitrogens with zero attached hydrogens (tertiary/aromatic N) is 3. The third kappa shape index (κ3) is 5.72. The number of hydrogen-bond donors (Lipinski definition) is 1. The Morgan fingerprint density at radius 2 is 1.89 bits per heavy atom. The maximum atomic E-state index is 13.4. The van der Waals surface area contributed by atoms with Crippen LogP contribution in [0.25, 0.3) is 6.08 Å². The third-order valence-electron chi connectivity index (χ3n) is 5.76. The molecular formula is C28H29N3O5S. The smallest absolute Gasteiger partial charge is 0.296 e. The Labute approximate surface area is 219 Å². The molecule has 1 N–H and O–H groups in total. The van der Waals surface area contributed by atoms with Gasteiger partial charge in [-0.2, -0.15) is 0 Å². The lowest BCUT2D eigenvalue weighted by Gasteiger charge is -2.24. The molecule has 3 aromatic rings. The second kappa shape index (κ2) is 11.8. The highest BCUT2D eigenvalue weighted by atomic mass is 32.1. The summed E-state index contributed by atoms with van der Waals surface area (Å²) in [5.41, 5.74) is 1.36. The second-order valence-corrected chi connectivity index (χ2v) is 9.55. The molecule has 1 atom stereocenters. The molecule has 0 spiro atoms. The largest absolute Gasteiger partial charge is 0.503 e. The first-order chi connectivity index (χ1) is 17.9. The Morgan fingerprint density at radius 3 is 2.57 bits per heavy atom. The summed E-state index contributed by atoms with van der Waals surface area (Å²) in [6.45, 7) is 6.67. The van der Waals surface area contributed by atoms with Gasteiger partial charge >= 0.3 is 0 Å². The number of ether oxygens (including phenoxy) is 2. The number of anilines is 1. The van der Waals surface area contributed by atoms with Crippen LogP contribution in [0.3, 0.4) is 0 Å². The molecule has 0 saturated carbocycles. The molecule has 9 heteroatoms. The zero-order chi connectivity index (χ0) is 26.4. The number of ketones is 1.